The molecule has 20 heavy (non-hydrogen) atoms. The molecule has 0 amide bonds. The van der Waals surface area contributed by atoms with Crippen molar-refractivity contribution in [2.75, 3.05) is 5.32 Å². The molecular weight excluding hydrogens is 375 g/mol. The van der Waals surface area contributed by atoms with Gasteiger partial charge in [0, 0.05) is 21.0 Å². The van der Waals surface area contributed by atoms with Crippen molar-refractivity contribution in [3.63, 3.8) is 0 Å². The van der Waals surface area contributed by atoms with Crippen LogP contribution >= 0.6 is 22.6 Å². The van der Waals surface area contributed by atoms with Crippen LogP contribution in [0.4, 0.5) is 17.1 Å². The third kappa shape index (κ3) is 3.23. The van der Waals surface area contributed by atoms with Gasteiger partial charge in [0.25, 0.3) is 5.69 Å². The number of carboxylic acids is 1. The first-order valence-corrected chi connectivity index (χ1v) is 6.59. The highest BCUT2D eigenvalue weighted by Crippen LogP contribution is 2.26. The molecule has 0 saturated heterocycles. The van der Waals surface area contributed by atoms with E-state index in [0.29, 0.717) is 5.69 Å². The minimum Gasteiger partial charge on any atom is -0.477 e. The van der Waals surface area contributed by atoms with Gasteiger partial charge in [-0.3, -0.25) is 10.1 Å². The van der Waals surface area contributed by atoms with Crippen molar-refractivity contribution < 1.29 is 14.8 Å². The molecule has 0 aliphatic heterocycles. The second kappa shape index (κ2) is 5.87. The predicted molar refractivity (Wildman–Crippen MR) is 82.5 cm³/mol. The third-order valence-corrected chi connectivity index (χ3v) is 3.21. The molecule has 0 atom stereocenters. The van der Waals surface area contributed by atoms with Crippen molar-refractivity contribution in [2.24, 2.45) is 0 Å². The van der Waals surface area contributed by atoms with Crippen LogP contribution in [0.25, 0.3) is 0 Å². The van der Waals surface area contributed by atoms with Crippen molar-refractivity contribution >= 4 is 45.6 Å². The lowest BCUT2D eigenvalue weighted by Crippen LogP contribution is -2.03. The van der Waals surface area contributed by atoms with Crippen LogP contribution in [0.5, 0.6) is 0 Å². The Balaban J connectivity index is 2.36. The van der Waals surface area contributed by atoms with Crippen molar-refractivity contribution in [3.8, 4) is 0 Å². The van der Waals surface area contributed by atoms with Gasteiger partial charge in [-0.05, 0) is 52.9 Å². The molecule has 0 aromatic heterocycles. The summed E-state index contributed by atoms with van der Waals surface area (Å²) in [5.74, 6) is -1.32. The van der Waals surface area contributed by atoms with Crippen molar-refractivity contribution in [1.82, 2.24) is 0 Å². The number of halogens is 1. The first kappa shape index (κ1) is 14.3. The number of nitrogens with zero attached hydrogens (tertiary/aromatic N) is 1. The normalized spacial score (nSPS) is 10.1. The Bertz CT molecular complexity index is 688. The minimum atomic E-state index is -1.32. The summed E-state index contributed by atoms with van der Waals surface area (Å²) in [4.78, 5) is 21.1. The fourth-order valence-electron chi connectivity index (χ4n) is 1.67. The average molecular weight is 384 g/mol. The molecule has 102 valence electrons. The summed E-state index contributed by atoms with van der Waals surface area (Å²) in [5.41, 5.74) is 0.467. The Morgan fingerprint density at radius 3 is 2.50 bits per heavy atom. The topological polar surface area (TPSA) is 92.5 Å². The summed E-state index contributed by atoms with van der Waals surface area (Å²) >= 11 is 2.15. The van der Waals surface area contributed by atoms with E-state index in [4.69, 9.17) is 5.11 Å². The van der Waals surface area contributed by atoms with Crippen molar-refractivity contribution in [2.45, 2.75) is 0 Å². The highest BCUT2D eigenvalue weighted by Gasteiger charge is 2.20. The molecule has 2 aromatic carbocycles. The first-order valence-electron chi connectivity index (χ1n) is 5.51. The van der Waals surface area contributed by atoms with E-state index in [1.54, 1.807) is 0 Å². The Hall–Kier alpha value is -2.16. The summed E-state index contributed by atoms with van der Waals surface area (Å²) in [6.07, 6.45) is 0. The molecule has 0 heterocycles. The van der Waals surface area contributed by atoms with E-state index in [-0.39, 0.29) is 5.56 Å². The van der Waals surface area contributed by atoms with Crippen LogP contribution in [0.3, 0.4) is 0 Å². The zero-order valence-electron chi connectivity index (χ0n) is 10.0. The number of hydrogen-bond acceptors (Lipinski definition) is 4. The Morgan fingerprint density at radius 1 is 1.20 bits per heavy atom. The van der Waals surface area contributed by atoms with Crippen LogP contribution in [0.15, 0.2) is 42.5 Å². The molecule has 2 rings (SSSR count). The summed E-state index contributed by atoms with van der Waals surface area (Å²) < 4.78 is 1.02. The number of hydrogen-bond donors (Lipinski definition) is 2. The van der Waals surface area contributed by atoms with Gasteiger partial charge in [-0.15, -0.1) is 0 Å². The van der Waals surface area contributed by atoms with Gasteiger partial charge in [-0.25, -0.2) is 4.79 Å². The molecule has 0 radical (unpaired) electrons. The molecule has 0 bridgehead atoms. The first-order chi connectivity index (χ1) is 9.47. The third-order valence-electron chi connectivity index (χ3n) is 2.54. The van der Waals surface area contributed by atoms with Crippen molar-refractivity contribution in [3.05, 3.63) is 61.7 Å². The van der Waals surface area contributed by atoms with Crippen LogP contribution in [-0.2, 0) is 0 Å². The van der Waals surface area contributed by atoms with Crippen molar-refractivity contribution in [1.29, 1.82) is 0 Å². The number of nitrogens with one attached hydrogen (secondary N) is 1. The van der Waals surface area contributed by atoms with Gasteiger partial charge in [0.15, 0.2) is 0 Å². The number of benzene rings is 2. The fraction of sp³-hybridized carbons (Fsp3) is 0. The lowest BCUT2D eigenvalue weighted by atomic mass is 10.1. The van der Waals surface area contributed by atoms with Crippen LogP contribution in [0, 0.1) is 13.7 Å². The van der Waals surface area contributed by atoms with E-state index in [9.17, 15) is 14.9 Å². The molecule has 6 nitrogen and oxygen atoms in total. The maximum absolute atomic E-state index is 10.9. The standard InChI is InChI=1S/C13H9IN2O4/c14-8-2-1-3-9(6-8)15-10-4-5-11(13(17)18)12(7-10)16(19)20/h1-7,15H,(H,17,18). The summed E-state index contributed by atoms with van der Waals surface area (Å²) in [6.45, 7) is 0. The van der Waals surface area contributed by atoms with E-state index >= 15 is 0 Å². The van der Waals surface area contributed by atoms with Gasteiger partial charge in [0.1, 0.15) is 5.56 Å². The highest BCUT2D eigenvalue weighted by atomic mass is 127. The van der Waals surface area contributed by atoms with Crippen LogP contribution in [-0.4, -0.2) is 16.0 Å². The van der Waals surface area contributed by atoms with Gasteiger partial charge in [0.2, 0.25) is 0 Å². The molecule has 0 fully saturated rings. The quantitative estimate of drug-likeness (QED) is 0.477. The van der Waals surface area contributed by atoms with Crippen LogP contribution < -0.4 is 5.32 Å². The van der Waals surface area contributed by atoms with E-state index in [1.807, 2.05) is 24.3 Å². The number of carbonyl (C=O) groups is 1. The molecule has 2 aromatic rings. The number of nitro groups is 1. The van der Waals surface area contributed by atoms with E-state index in [1.165, 1.54) is 18.2 Å². The van der Waals surface area contributed by atoms with Gasteiger partial charge in [0.05, 0.1) is 4.92 Å². The van der Waals surface area contributed by atoms with E-state index < -0.39 is 16.6 Å². The molecule has 0 aliphatic rings. The second-order valence-corrected chi connectivity index (χ2v) is 5.18. The number of nitro benzene ring substituents is 1. The molecule has 7 heteroatoms. The maximum Gasteiger partial charge on any atom is 0.342 e. The number of anilines is 2. The fourth-order valence-corrected chi connectivity index (χ4v) is 2.22. The number of rotatable bonds is 4. The zero-order valence-corrected chi connectivity index (χ0v) is 12.2. The zero-order chi connectivity index (χ0) is 14.7. The largest absolute Gasteiger partial charge is 0.477 e. The van der Waals surface area contributed by atoms with E-state index in [2.05, 4.69) is 27.9 Å². The molecular formula is C13H9IN2O4. The summed E-state index contributed by atoms with van der Waals surface area (Å²) in [5, 5.41) is 22.8. The number of aromatic carboxylic acids is 1. The molecule has 0 spiro atoms. The molecule has 2 N–H and O–H groups in total. The lowest BCUT2D eigenvalue weighted by molar-refractivity contribution is -0.385. The van der Waals surface area contributed by atoms with Crippen LogP contribution in [0.2, 0.25) is 0 Å². The highest BCUT2D eigenvalue weighted by molar-refractivity contribution is 14.1. The summed E-state index contributed by atoms with van der Waals surface area (Å²) in [7, 11) is 0. The Labute approximate surface area is 127 Å². The second-order valence-electron chi connectivity index (χ2n) is 3.93. The SMILES string of the molecule is O=C(O)c1ccc(Nc2cccc(I)c2)cc1[N+](=O)[O-]. The van der Waals surface area contributed by atoms with Gasteiger partial charge in [-0.2, -0.15) is 0 Å². The number of carboxylic acid groups (broad SMARTS) is 1. The van der Waals surface area contributed by atoms with Gasteiger partial charge in [-0.1, -0.05) is 6.07 Å². The molecule has 0 aliphatic carbocycles. The monoisotopic (exact) mass is 384 g/mol. The maximum atomic E-state index is 10.9. The lowest BCUT2D eigenvalue weighted by Gasteiger charge is -2.07. The smallest absolute Gasteiger partial charge is 0.342 e. The predicted octanol–water partition coefficient (Wildman–Crippen LogP) is 3.64. The van der Waals surface area contributed by atoms with Gasteiger partial charge < -0.3 is 10.4 Å². The summed E-state index contributed by atoms with van der Waals surface area (Å²) in [6, 6.07) is 11.4. The molecule has 0 unspecified atom stereocenters. The van der Waals surface area contributed by atoms with E-state index in [0.717, 1.165) is 9.26 Å². The minimum absolute atomic E-state index is 0.330. The Morgan fingerprint density at radius 2 is 1.90 bits per heavy atom. The average Bonchev–Trinajstić information content (AvgIpc) is 2.38. The Kier molecular flexibility index (Phi) is 4.18. The van der Waals surface area contributed by atoms with Gasteiger partial charge >= 0.3 is 5.97 Å². The van der Waals surface area contributed by atoms with Crippen LogP contribution in [0.1, 0.15) is 10.4 Å². The molecule has 0 saturated carbocycles.